The van der Waals surface area contributed by atoms with E-state index in [0.29, 0.717) is 5.56 Å². The Balaban J connectivity index is 1.71. The molecule has 0 aliphatic rings. The van der Waals surface area contributed by atoms with Crippen LogP contribution in [0.1, 0.15) is 22.0 Å². The number of aromatic nitrogens is 1. The van der Waals surface area contributed by atoms with Crippen LogP contribution in [0.25, 0.3) is 10.2 Å². The van der Waals surface area contributed by atoms with Gasteiger partial charge in [0.1, 0.15) is 17.7 Å². The van der Waals surface area contributed by atoms with Crippen molar-refractivity contribution in [2.45, 2.75) is 6.10 Å². The molecular formula is C16H12F2N2O2S. The van der Waals surface area contributed by atoms with Gasteiger partial charge in [-0.05, 0) is 29.6 Å². The number of nitrogens with one attached hydrogen (secondary N) is 1. The Morgan fingerprint density at radius 2 is 2.04 bits per heavy atom. The molecule has 0 fully saturated rings. The summed E-state index contributed by atoms with van der Waals surface area (Å²) in [5, 5.41) is 14.2. The fraction of sp³-hybridized carbons (Fsp3) is 0.125. The first-order valence-electron chi connectivity index (χ1n) is 6.79. The van der Waals surface area contributed by atoms with E-state index < -0.39 is 29.2 Å². The Bertz CT molecular complexity index is 846. The van der Waals surface area contributed by atoms with Gasteiger partial charge in [-0.25, -0.2) is 8.78 Å². The molecule has 2 aromatic heterocycles. The van der Waals surface area contributed by atoms with E-state index >= 15 is 0 Å². The summed E-state index contributed by atoms with van der Waals surface area (Å²) in [6, 6.07) is 6.84. The van der Waals surface area contributed by atoms with Crippen LogP contribution in [-0.2, 0) is 0 Å². The molecular weight excluding hydrogens is 322 g/mol. The van der Waals surface area contributed by atoms with E-state index in [1.807, 2.05) is 11.4 Å². The predicted molar refractivity (Wildman–Crippen MR) is 83.3 cm³/mol. The number of thiophene rings is 1. The van der Waals surface area contributed by atoms with Crippen LogP contribution in [0, 0.1) is 11.6 Å². The van der Waals surface area contributed by atoms with Crippen LogP contribution in [0.4, 0.5) is 8.78 Å². The van der Waals surface area contributed by atoms with Crippen LogP contribution in [0.3, 0.4) is 0 Å². The summed E-state index contributed by atoms with van der Waals surface area (Å²) in [6.45, 7) is -0.306. The van der Waals surface area contributed by atoms with E-state index in [9.17, 15) is 18.7 Å². The maximum Gasteiger partial charge on any atom is 0.252 e. The van der Waals surface area contributed by atoms with Crippen LogP contribution in [0.5, 0.6) is 0 Å². The van der Waals surface area contributed by atoms with Crippen molar-refractivity contribution in [2.24, 2.45) is 0 Å². The summed E-state index contributed by atoms with van der Waals surface area (Å²) in [7, 11) is 0. The summed E-state index contributed by atoms with van der Waals surface area (Å²) in [5.74, 6) is -2.18. The number of rotatable bonds is 4. The molecule has 2 heterocycles. The molecule has 0 bridgehead atoms. The van der Waals surface area contributed by atoms with Crippen molar-refractivity contribution in [1.29, 1.82) is 0 Å². The van der Waals surface area contributed by atoms with Crippen molar-refractivity contribution < 1.29 is 18.7 Å². The molecule has 3 rings (SSSR count). The normalized spacial score (nSPS) is 12.3. The Morgan fingerprint density at radius 1 is 1.30 bits per heavy atom. The third kappa shape index (κ3) is 3.20. The van der Waals surface area contributed by atoms with Gasteiger partial charge in [0, 0.05) is 12.7 Å². The average molecular weight is 334 g/mol. The van der Waals surface area contributed by atoms with Gasteiger partial charge in [-0.1, -0.05) is 6.07 Å². The number of nitrogens with zero attached hydrogens (tertiary/aromatic N) is 1. The molecule has 23 heavy (non-hydrogen) atoms. The zero-order chi connectivity index (χ0) is 16.4. The van der Waals surface area contributed by atoms with E-state index in [2.05, 4.69) is 10.3 Å². The quantitative estimate of drug-likeness (QED) is 0.771. The minimum Gasteiger partial charge on any atom is -0.386 e. The van der Waals surface area contributed by atoms with E-state index in [1.54, 1.807) is 6.07 Å². The average Bonchev–Trinajstić information content (AvgIpc) is 3.00. The third-order valence-electron chi connectivity index (χ3n) is 3.35. The van der Waals surface area contributed by atoms with Gasteiger partial charge in [0.05, 0.1) is 21.3 Å². The smallest absolute Gasteiger partial charge is 0.252 e. The molecule has 2 N–H and O–H groups in total. The molecule has 7 heteroatoms. The minimum absolute atomic E-state index is 0.306. The molecule has 0 aliphatic heterocycles. The second-order valence-electron chi connectivity index (χ2n) is 4.89. The van der Waals surface area contributed by atoms with Gasteiger partial charge in [0.2, 0.25) is 0 Å². The van der Waals surface area contributed by atoms with Gasteiger partial charge in [-0.2, -0.15) is 0 Å². The highest BCUT2D eigenvalue weighted by Gasteiger charge is 2.19. The summed E-state index contributed by atoms with van der Waals surface area (Å²) in [6.07, 6.45) is -0.0564. The molecule has 4 nitrogen and oxygen atoms in total. The maximum absolute atomic E-state index is 13.6. The minimum atomic E-state index is -1.47. The third-order valence-corrected chi connectivity index (χ3v) is 4.21. The van der Waals surface area contributed by atoms with Gasteiger partial charge in [-0.15, -0.1) is 11.3 Å². The van der Waals surface area contributed by atoms with E-state index in [0.717, 1.165) is 22.3 Å². The number of hydrogen-bond acceptors (Lipinski definition) is 4. The molecule has 118 valence electrons. The molecule has 3 aromatic rings. The number of benzene rings is 1. The topological polar surface area (TPSA) is 62.2 Å². The number of halogens is 2. The van der Waals surface area contributed by atoms with Crippen LogP contribution in [-0.4, -0.2) is 22.5 Å². The van der Waals surface area contributed by atoms with Crippen molar-refractivity contribution in [3.63, 3.8) is 0 Å². The van der Waals surface area contributed by atoms with E-state index in [-0.39, 0.29) is 6.54 Å². The summed E-state index contributed by atoms with van der Waals surface area (Å²) in [4.78, 5) is 16.2. The van der Waals surface area contributed by atoms with Gasteiger partial charge >= 0.3 is 0 Å². The molecule has 1 atom stereocenters. The number of hydrogen-bond donors (Lipinski definition) is 2. The molecule has 0 aliphatic carbocycles. The van der Waals surface area contributed by atoms with Crippen molar-refractivity contribution in [3.05, 3.63) is 64.7 Å². The zero-order valence-electron chi connectivity index (χ0n) is 11.8. The van der Waals surface area contributed by atoms with E-state index in [1.165, 1.54) is 23.6 Å². The second kappa shape index (κ2) is 6.39. The predicted octanol–water partition coefficient (Wildman–Crippen LogP) is 3.04. The highest BCUT2D eigenvalue weighted by atomic mass is 32.1. The molecule has 1 aromatic carbocycles. The van der Waals surface area contributed by atoms with Crippen molar-refractivity contribution in [3.8, 4) is 0 Å². The maximum atomic E-state index is 13.6. The molecule has 1 amide bonds. The summed E-state index contributed by atoms with van der Waals surface area (Å²) >= 11 is 1.45. The lowest BCUT2D eigenvalue weighted by atomic mass is 10.1. The SMILES string of the molecule is O=C(NCC(O)c1c(F)cccc1F)c1cnc2ccsc2c1. The Kier molecular flexibility index (Phi) is 4.31. The first-order valence-corrected chi connectivity index (χ1v) is 7.67. The molecule has 0 saturated carbocycles. The lowest BCUT2D eigenvalue weighted by Gasteiger charge is -2.13. The largest absolute Gasteiger partial charge is 0.386 e. The molecule has 1 unspecified atom stereocenters. The van der Waals surface area contributed by atoms with Gasteiger partial charge in [-0.3, -0.25) is 9.78 Å². The fourth-order valence-electron chi connectivity index (χ4n) is 2.19. The summed E-state index contributed by atoms with van der Waals surface area (Å²) < 4.78 is 28.0. The lowest BCUT2D eigenvalue weighted by Crippen LogP contribution is -2.29. The van der Waals surface area contributed by atoms with Crippen molar-refractivity contribution >= 4 is 27.5 Å². The first-order chi connectivity index (χ1) is 11.1. The lowest BCUT2D eigenvalue weighted by molar-refractivity contribution is 0.0911. The molecule has 0 radical (unpaired) electrons. The number of aliphatic hydroxyl groups is 1. The van der Waals surface area contributed by atoms with Crippen LogP contribution >= 0.6 is 11.3 Å². The highest BCUT2D eigenvalue weighted by Crippen LogP contribution is 2.21. The molecule has 0 spiro atoms. The van der Waals surface area contributed by atoms with Crippen LogP contribution in [0.15, 0.2) is 41.9 Å². The fourth-order valence-corrected chi connectivity index (χ4v) is 2.97. The second-order valence-corrected chi connectivity index (χ2v) is 5.84. The highest BCUT2D eigenvalue weighted by molar-refractivity contribution is 7.17. The monoisotopic (exact) mass is 334 g/mol. The van der Waals surface area contributed by atoms with Gasteiger partial charge in [0.25, 0.3) is 5.91 Å². The molecule has 0 saturated heterocycles. The van der Waals surface area contributed by atoms with Crippen molar-refractivity contribution in [1.82, 2.24) is 10.3 Å². The number of fused-ring (bicyclic) bond motifs is 1. The Morgan fingerprint density at radius 3 is 2.78 bits per heavy atom. The van der Waals surface area contributed by atoms with Crippen LogP contribution in [0.2, 0.25) is 0 Å². The Labute approximate surface area is 134 Å². The van der Waals surface area contributed by atoms with Crippen molar-refractivity contribution in [2.75, 3.05) is 6.54 Å². The summed E-state index contributed by atoms with van der Waals surface area (Å²) in [5.41, 5.74) is 0.654. The number of carbonyl (C=O) groups is 1. The number of aliphatic hydroxyl groups excluding tert-OH is 1. The first kappa shape index (κ1) is 15.5. The van der Waals surface area contributed by atoms with Gasteiger partial charge < -0.3 is 10.4 Å². The van der Waals surface area contributed by atoms with Gasteiger partial charge in [0.15, 0.2) is 0 Å². The zero-order valence-corrected chi connectivity index (χ0v) is 12.6. The van der Waals surface area contributed by atoms with E-state index in [4.69, 9.17) is 0 Å². The standard InChI is InChI=1S/C16H12F2N2O2S/c17-10-2-1-3-11(18)15(10)13(21)8-20-16(22)9-6-14-12(19-7-9)4-5-23-14/h1-7,13,21H,8H2,(H,20,22). The number of amides is 1. The number of carbonyl (C=O) groups excluding carboxylic acids is 1. The Hall–Kier alpha value is -2.38. The number of pyridine rings is 1. The van der Waals surface area contributed by atoms with Crippen LogP contribution < -0.4 is 5.32 Å².